The maximum Gasteiger partial charge on any atom is 0.147 e. The number of nitriles is 1. The van der Waals surface area contributed by atoms with Crippen LogP contribution in [-0.2, 0) is 11.4 Å². The van der Waals surface area contributed by atoms with Gasteiger partial charge in [-0.05, 0) is 79.6 Å². The summed E-state index contributed by atoms with van der Waals surface area (Å²) in [6, 6.07) is 23.7. The molecule has 3 aromatic carbocycles. The van der Waals surface area contributed by atoms with Crippen LogP contribution in [0.4, 0.5) is 8.78 Å². The molecule has 0 atom stereocenters. The third kappa shape index (κ3) is 4.68. The van der Waals surface area contributed by atoms with Gasteiger partial charge in [-0.2, -0.15) is 5.26 Å². The highest BCUT2D eigenvalue weighted by Gasteiger charge is 2.19. The molecule has 0 aliphatic heterocycles. The predicted molar refractivity (Wildman–Crippen MR) is 124 cm³/mol. The van der Waals surface area contributed by atoms with Crippen LogP contribution in [0.15, 0.2) is 84.0 Å². The Morgan fingerprint density at radius 3 is 2.48 bits per heavy atom. The van der Waals surface area contributed by atoms with Gasteiger partial charge in [0.05, 0.1) is 28.7 Å². The zero-order valence-electron chi connectivity index (χ0n) is 18.2. The molecule has 0 aliphatic rings. The first kappa shape index (κ1) is 22.0. The van der Waals surface area contributed by atoms with Gasteiger partial charge in [-0.1, -0.05) is 29.4 Å². The molecule has 0 bridgehead atoms. The standard InChI is InChI=1S/C27H21F2N3O/c1-18(31-33-17-21-7-5-6-20(14-21)16-30)24-15-27(22-10-12-23(28)13-11-22)32(19(24)2)26-9-4-3-8-25(26)29/h3-15H,17H2,1-2H3/b31-18-. The van der Waals surface area contributed by atoms with E-state index < -0.39 is 0 Å². The molecule has 4 aromatic rings. The van der Waals surface area contributed by atoms with Gasteiger partial charge in [0.25, 0.3) is 0 Å². The fourth-order valence-electron chi connectivity index (χ4n) is 3.73. The second kappa shape index (κ2) is 9.49. The minimum absolute atomic E-state index is 0.213. The van der Waals surface area contributed by atoms with Crippen LogP contribution in [0.25, 0.3) is 16.9 Å². The number of aromatic nitrogens is 1. The number of halogens is 2. The summed E-state index contributed by atoms with van der Waals surface area (Å²) in [5.74, 6) is -0.708. The second-order valence-corrected chi connectivity index (χ2v) is 7.58. The fourth-order valence-corrected chi connectivity index (χ4v) is 3.73. The van der Waals surface area contributed by atoms with E-state index in [9.17, 15) is 8.78 Å². The van der Waals surface area contributed by atoms with E-state index in [2.05, 4.69) is 11.2 Å². The first-order valence-corrected chi connectivity index (χ1v) is 10.4. The topological polar surface area (TPSA) is 50.3 Å². The molecule has 0 radical (unpaired) electrons. The molecule has 33 heavy (non-hydrogen) atoms. The van der Waals surface area contributed by atoms with Gasteiger partial charge in [0.15, 0.2) is 0 Å². The van der Waals surface area contributed by atoms with Gasteiger partial charge < -0.3 is 9.40 Å². The van der Waals surface area contributed by atoms with Crippen LogP contribution in [0.1, 0.15) is 29.3 Å². The summed E-state index contributed by atoms with van der Waals surface area (Å²) in [5.41, 5.74) is 5.40. The molecule has 6 heteroatoms. The van der Waals surface area contributed by atoms with Gasteiger partial charge >= 0.3 is 0 Å². The number of hydrogen-bond donors (Lipinski definition) is 0. The number of rotatable bonds is 6. The minimum atomic E-state index is -0.366. The van der Waals surface area contributed by atoms with Gasteiger partial charge in [0.1, 0.15) is 18.2 Å². The Balaban J connectivity index is 1.71. The molecule has 0 amide bonds. The van der Waals surface area contributed by atoms with Crippen molar-refractivity contribution in [1.82, 2.24) is 4.57 Å². The van der Waals surface area contributed by atoms with Crippen LogP contribution in [0.2, 0.25) is 0 Å². The van der Waals surface area contributed by atoms with E-state index in [0.29, 0.717) is 22.7 Å². The van der Waals surface area contributed by atoms with Crippen LogP contribution >= 0.6 is 0 Å². The van der Waals surface area contributed by atoms with Crippen molar-refractivity contribution in [2.24, 2.45) is 5.16 Å². The van der Waals surface area contributed by atoms with E-state index in [4.69, 9.17) is 10.1 Å². The van der Waals surface area contributed by atoms with E-state index in [1.807, 2.05) is 26.0 Å². The molecular formula is C27H21F2N3O. The molecule has 0 spiro atoms. The van der Waals surface area contributed by atoms with E-state index >= 15 is 0 Å². The molecule has 0 N–H and O–H groups in total. The fraction of sp³-hybridized carbons (Fsp3) is 0.111. The molecule has 0 saturated carbocycles. The Morgan fingerprint density at radius 2 is 1.76 bits per heavy atom. The highest BCUT2D eigenvalue weighted by atomic mass is 19.1. The van der Waals surface area contributed by atoms with Gasteiger partial charge in [-0.3, -0.25) is 0 Å². The molecule has 4 rings (SSSR count). The lowest BCUT2D eigenvalue weighted by atomic mass is 10.1. The molecule has 0 fully saturated rings. The van der Waals surface area contributed by atoms with Crippen molar-refractivity contribution in [3.05, 3.63) is 113 Å². The lowest BCUT2D eigenvalue weighted by molar-refractivity contribution is 0.130. The molecular weight excluding hydrogens is 420 g/mol. The Bertz CT molecular complexity index is 1370. The highest BCUT2D eigenvalue weighted by molar-refractivity contribution is 6.01. The molecule has 1 heterocycles. The van der Waals surface area contributed by atoms with Crippen molar-refractivity contribution < 1.29 is 13.6 Å². The van der Waals surface area contributed by atoms with E-state index in [0.717, 1.165) is 22.4 Å². The number of benzene rings is 3. The van der Waals surface area contributed by atoms with Gasteiger partial charge in [-0.15, -0.1) is 0 Å². The van der Waals surface area contributed by atoms with Crippen molar-refractivity contribution in [2.45, 2.75) is 20.5 Å². The summed E-state index contributed by atoms with van der Waals surface area (Å²) in [7, 11) is 0. The number of para-hydroxylation sites is 1. The van der Waals surface area contributed by atoms with Crippen molar-refractivity contribution in [1.29, 1.82) is 5.26 Å². The van der Waals surface area contributed by atoms with Crippen LogP contribution in [0.5, 0.6) is 0 Å². The summed E-state index contributed by atoms with van der Waals surface area (Å²) in [5, 5.41) is 13.3. The summed E-state index contributed by atoms with van der Waals surface area (Å²) < 4.78 is 30.0. The van der Waals surface area contributed by atoms with Crippen LogP contribution in [-0.4, -0.2) is 10.3 Å². The molecule has 1 aromatic heterocycles. The predicted octanol–water partition coefficient (Wildman–Crippen LogP) is 6.54. The zero-order valence-corrected chi connectivity index (χ0v) is 18.2. The maximum absolute atomic E-state index is 14.7. The van der Waals surface area contributed by atoms with Crippen molar-refractivity contribution in [2.75, 3.05) is 0 Å². The quantitative estimate of drug-likeness (QED) is 0.252. The van der Waals surface area contributed by atoms with Gasteiger partial charge in [0.2, 0.25) is 0 Å². The Morgan fingerprint density at radius 1 is 1.00 bits per heavy atom. The van der Waals surface area contributed by atoms with Crippen molar-refractivity contribution >= 4 is 5.71 Å². The Kier molecular flexibility index (Phi) is 6.32. The van der Waals surface area contributed by atoms with Gasteiger partial charge in [0, 0.05) is 11.3 Å². The summed E-state index contributed by atoms with van der Waals surface area (Å²) >= 11 is 0. The largest absolute Gasteiger partial charge is 0.391 e. The number of nitrogens with zero attached hydrogens (tertiary/aromatic N) is 3. The summed E-state index contributed by atoms with van der Waals surface area (Å²) in [4.78, 5) is 5.54. The first-order valence-electron chi connectivity index (χ1n) is 10.4. The number of hydrogen-bond acceptors (Lipinski definition) is 3. The monoisotopic (exact) mass is 441 g/mol. The van der Waals surface area contributed by atoms with Crippen LogP contribution in [0.3, 0.4) is 0 Å². The van der Waals surface area contributed by atoms with Crippen LogP contribution < -0.4 is 0 Å². The average molecular weight is 441 g/mol. The Hall–Kier alpha value is -4.24. The first-order chi connectivity index (χ1) is 16.0. The third-order valence-corrected chi connectivity index (χ3v) is 5.36. The van der Waals surface area contributed by atoms with E-state index in [1.165, 1.54) is 18.2 Å². The minimum Gasteiger partial charge on any atom is -0.391 e. The maximum atomic E-state index is 14.7. The highest BCUT2D eigenvalue weighted by Crippen LogP contribution is 2.31. The molecule has 4 nitrogen and oxygen atoms in total. The average Bonchev–Trinajstić information content (AvgIpc) is 3.17. The zero-order chi connectivity index (χ0) is 23.4. The van der Waals surface area contributed by atoms with Gasteiger partial charge in [-0.25, -0.2) is 8.78 Å². The molecule has 0 aliphatic carbocycles. The van der Waals surface area contributed by atoms with E-state index in [-0.39, 0.29) is 18.2 Å². The third-order valence-electron chi connectivity index (χ3n) is 5.36. The van der Waals surface area contributed by atoms with Crippen molar-refractivity contribution in [3.63, 3.8) is 0 Å². The van der Waals surface area contributed by atoms with E-state index in [1.54, 1.807) is 53.1 Å². The molecule has 0 unspecified atom stereocenters. The lowest BCUT2D eigenvalue weighted by Gasteiger charge is -2.13. The SMILES string of the molecule is C/C(=N/OCc1cccc(C#N)c1)c1cc(-c2ccc(F)cc2)n(-c2ccccc2F)c1C. The van der Waals surface area contributed by atoms with Crippen LogP contribution in [0, 0.1) is 29.9 Å². The smallest absolute Gasteiger partial charge is 0.147 e. The normalized spacial score (nSPS) is 11.3. The molecule has 0 saturated heterocycles. The molecule has 164 valence electrons. The number of oxime groups is 1. The summed E-state index contributed by atoms with van der Waals surface area (Å²) in [6.45, 7) is 3.91. The van der Waals surface area contributed by atoms with Crippen molar-refractivity contribution in [3.8, 4) is 23.0 Å². The Labute approximate surface area is 191 Å². The second-order valence-electron chi connectivity index (χ2n) is 7.58. The summed E-state index contributed by atoms with van der Waals surface area (Å²) in [6.07, 6.45) is 0. The lowest BCUT2D eigenvalue weighted by Crippen LogP contribution is -2.04.